The highest BCUT2D eigenvalue weighted by Gasteiger charge is 2.37. The number of carboxylic acid groups (broad SMARTS) is 1. The van der Waals surface area contributed by atoms with Crippen molar-refractivity contribution in [2.45, 2.75) is 31.1 Å². The Morgan fingerprint density at radius 2 is 1.18 bits per heavy atom. The smallest absolute Gasteiger partial charge is 0.360 e. The van der Waals surface area contributed by atoms with E-state index in [2.05, 4.69) is 15.5 Å². The summed E-state index contributed by atoms with van der Waals surface area (Å²) in [6.45, 7) is 1.63. The van der Waals surface area contributed by atoms with Crippen LogP contribution in [-0.2, 0) is 24.7 Å². The summed E-state index contributed by atoms with van der Waals surface area (Å²) >= 11 is 1.26. The fraction of sp³-hybridized carbons (Fsp3) is 0.122. The van der Waals surface area contributed by atoms with Gasteiger partial charge in [0.05, 0.1) is 6.42 Å². The van der Waals surface area contributed by atoms with Gasteiger partial charge in [-0.25, -0.2) is 9.78 Å². The molecule has 250 valence electrons. The molecule has 0 saturated carbocycles. The molecule has 0 aliphatic carbocycles. The molecule has 6 rings (SSSR count). The maximum absolute atomic E-state index is 13.1. The van der Waals surface area contributed by atoms with Gasteiger partial charge in [-0.3, -0.25) is 4.79 Å². The van der Waals surface area contributed by atoms with Gasteiger partial charge >= 0.3 is 11.9 Å². The zero-order valence-electron chi connectivity index (χ0n) is 27.3. The molecule has 1 heterocycles. The molecule has 1 atom stereocenters. The molecule has 1 aromatic heterocycles. The standard InChI is InChI=1S/C41H35N3O5S/c1-29(27-36(45)48-38(30-17-7-2-8-18-30)31-19-9-3-10-20-31)49-44-37(39(46)47)35-28-50-40(42-35)43-41(32-21-11-4-12-22-32,33-23-13-5-14-24-33)34-25-15-6-16-26-34/h2-26,28-29,38H,27H2,1H3,(H,42,43)(H,46,47). The number of benzene rings is 5. The summed E-state index contributed by atoms with van der Waals surface area (Å²) in [5.74, 6) is -1.83. The molecule has 0 aliphatic heterocycles. The number of nitrogens with zero attached hydrogens (tertiary/aromatic N) is 2. The molecule has 0 amide bonds. The van der Waals surface area contributed by atoms with E-state index in [4.69, 9.17) is 9.57 Å². The van der Waals surface area contributed by atoms with Gasteiger partial charge in [0.15, 0.2) is 11.2 Å². The third-order valence-corrected chi connectivity index (χ3v) is 8.85. The second-order valence-corrected chi connectivity index (χ2v) is 12.4. The normalized spacial score (nSPS) is 12.2. The number of carboxylic acids is 1. The van der Waals surface area contributed by atoms with Crippen LogP contribution in [0, 0.1) is 0 Å². The first-order valence-corrected chi connectivity index (χ1v) is 17.0. The lowest BCUT2D eigenvalue weighted by Gasteiger charge is -2.36. The van der Waals surface area contributed by atoms with Gasteiger partial charge in [-0.2, -0.15) is 0 Å². The lowest BCUT2D eigenvalue weighted by atomic mass is 9.77. The molecule has 0 radical (unpaired) electrons. The van der Waals surface area contributed by atoms with E-state index in [0.717, 1.165) is 27.8 Å². The van der Waals surface area contributed by atoms with Gasteiger partial charge in [0, 0.05) is 5.38 Å². The molecule has 50 heavy (non-hydrogen) atoms. The van der Waals surface area contributed by atoms with E-state index >= 15 is 0 Å². The van der Waals surface area contributed by atoms with Crippen LogP contribution in [0.2, 0.25) is 0 Å². The molecular formula is C41H35N3O5S. The fourth-order valence-electron chi connectivity index (χ4n) is 5.76. The SMILES string of the molecule is CC(CC(=O)OC(c1ccccc1)c1ccccc1)ON=C(C(=O)O)c1csc(NC(c2ccccc2)(c2ccccc2)c2ccccc2)n1. The number of carbonyl (C=O) groups excluding carboxylic acids is 1. The van der Waals surface area contributed by atoms with Crippen LogP contribution < -0.4 is 5.32 Å². The number of nitrogens with one attached hydrogen (secondary N) is 1. The number of hydrogen-bond donors (Lipinski definition) is 2. The zero-order chi connectivity index (χ0) is 34.8. The molecular weight excluding hydrogens is 647 g/mol. The maximum atomic E-state index is 13.1. The summed E-state index contributed by atoms with van der Waals surface area (Å²) in [5.41, 5.74) is 3.49. The van der Waals surface area contributed by atoms with Gasteiger partial charge < -0.3 is 20.0 Å². The molecule has 2 N–H and O–H groups in total. The highest BCUT2D eigenvalue weighted by atomic mass is 32.1. The number of aliphatic carboxylic acids is 1. The van der Waals surface area contributed by atoms with E-state index in [1.165, 1.54) is 11.3 Å². The van der Waals surface area contributed by atoms with Crippen molar-refractivity contribution in [3.05, 3.63) is 191 Å². The van der Waals surface area contributed by atoms with Gasteiger partial charge in [0.2, 0.25) is 5.71 Å². The third-order valence-electron chi connectivity index (χ3n) is 8.10. The van der Waals surface area contributed by atoms with Crippen molar-refractivity contribution in [3.8, 4) is 0 Å². The number of rotatable bonds is 14. The number of hydrogen-bond acceptors (Lipinski definition) is 8. The van der Waals surface area contributed by atoms with Crippen LogP contribution in [0.3, 0.4) is 0 Å². The first-order valence-electron chi connectivity index (χ1n) is 16.1. The minimum Gasteiger partial charge on any atom is -0.476 e. The highest BCUT2D eigenvalue weighted by Crippen LogP contribution is 2.40. The lowest BCUT2D eigenvalue weighted by molar-refractivity contribution is -0.150. The van der Waals surface area contributed by atoms with Crippen molar-refractivity contribution in [2.24, 2.45) is 5.16 Å². The van der Waals surface area contributed by atoms with Crippen molar-refractivity contribution in [2.75, 3.05) is 5.32 Å². The molecule has 0 fully saturated rings. The van der Waals surface area contributed by atoms with Gasteiger partial charge in [-0.1, -0.05) is 157 Å². The predicted molar refractivity (Wildman–Crippen MR) is 195 cm³/mol. The number of anilines is 1. The van der Waals surface area contributed by atoms with Gasteiger partial charge in [-0.15, -0.1) is 11.3 Å². The Bertz CT molecular complexity index is 1890. The molecule has 0 spiro atoms. The average Bonchev–Trinajstić information content (AvgIpc) is 3.62. The molecule has 6 aromatic rings. The van der Waals surface area contributed by atoms with E-state index in [0.29, 0.717) is 5.13 Å². The summed E-state index contributed by atoms with van der Waals surface area (Å²) in [4.78, 5) is 35.7. The van der Waals surface area contributed by atoms with Crippen molar-refractivity contribution in [3.63, 3.8) is 0 Å². The molecule has 1 unspecified atom stereocenters. The van der Waals surface area contributed by atoms with Crippen LogP contribution in [-0.4, -0.2) is 33.8 Å². The Morgan fingerprint density at radius 1 is 0.740 bits per heavy atom. The van der Waals surface area contributed by atoms with Crippen molar-refractivity contribution >= 4 is 34.1 Å². The van der Waals surface area contributed by atoms with Crippen molar-refractivity contribution in [1.82, 2.24) is 4.98 Å². The van der Waals surface area contributed by atoms with Gasteiger partial charge in [-0.05, 0) is 34.7 Å². The molecule has 0 saturated heterocycles. The van der Waals surface area contributed by atoms with Crippen LogP contribution in [0.15, 0.2) is 162 Å². The summed E-state index contributed by atoms with van der Waals surface area (Å²) in [5, 5.41) is 19.8. The number of esters is 1. The number of carbonyl (C=O) groups is 2. The topological polar surface area (TPSA) is 110 Å². The van der Waals surface area contributed by atoms with E-state index in [1.54, 1.807) is 12.3 Å². The summed E-state index contributed by atoms with van der Waals surface area (Å²) in [6, 6.07) is 49.0. The first kappa shape index (κ1) is 33.8. The Kier molecular flexibility index (Phi) is 10.8. The Morgan fingerprint density at radius 3 is 1.62 bits per heavy atom. The van der Waals surface area contributed by atoms with E-state index in [9.17, 15) is 14.7 Å². The summed E-state index contributed by atoms with van der Waals surface area (Å²) in [6.07, 6.45) is -1.53. The summed E-state index contributed by atoms with van der Waals surface area (Å²) in [7, 11) is 0. The van der Waals surface area contributed by atoms with Crippen LogP contribution in [0.5, 0.6) is 0 Å². The predicted octanol–water partition coefficient (Wildman–Crippen LogP) is 8.46. The number of ether oxygens (including phenoxy) is 1. The first-order chi connectivity index (χ1) is 24.4. The number of aromatic nitrogens is 1. The average molecular weight is 682 g/mol. The maximum Gasteiger partial charge on any atom is 0.360 e. The largest absolute Gasteiger partial charge is 0.476 e. The quantitative estimate of drug-likeness (QED) is 0.0514. The molecule has 0 bridgehead atoms. The van der Waals surface area contributed by atoms with Gasteiger partial charge in [0.1, 0.15) is 17.3 Å². The Balaban J connectivity index is 1.22. The van der Waals surface area contributed by atoms with Crippen LogP contribution in [0.4, 0.5) is 5.13 Å². The Hall–Kier alpha value is -6.06. The highest BCUT2D eigenvalue weighted by molar-refractivity contribution is 7.14. The van der Waals surface area contributed by atoms with E-state index in [1.807, 2.05) is 152 Å². The Labute approximate surface area is 294 Å². The number of thiazole rings is 1. The third kappa shape index (κ3) is 7.80. The lowest BCUT2D eigenvalue weighted by Crippen LogP contribution is -2.38. The van der Waals surface area contributed by atoms with E-state index in [-0.39, 0.29) is 17.8 Å². The van der Waals surface area contributed by atoms with Crippen LogP contribution >= 0.6 is 11.3 Å². The molecule has 9 heteroatoms. The van der Waals surface area contributed by atoms with Gasteiger partial charge in [0.25, 0.3) is 0 Å². The van der Waals surface area contributed by atoms with Crippen molar-refractivity contribution < 1.29 is 24.3 Å². The second kappa shape index (κ2) is 15.9. The molecule has 5 aromatic carbocycles. The van der Waals surface area contributed by atoms with Crippen LogP contribution in [0.25, 0.3) is 0 Å². The molecule has 8 nitrogen and oxygen atoms in total. The number of oxime groups is 1. The zero-order valence-corrected chi connectivity index (χ0v) is 28.1. The monoisotopic (exact) mass is 681 g/mol. The second-order valence-electron chi connectivity index (χ2n) is 11.6. The fourth-order valence-corrected chi connectivity index (χ4v) is 6.51. The minimum atomic E-state index is -1.31. The summed E-state index contributed by atoms with van der Waals surface area (Å²) < 4.78 is 5.89. The molecule has 0 aliphatic rings. The minimum absolute atomic E-state index is 0.121. The van der Waals surface area contributed by atoms with Crippen LogP contribution in [0.1, 0.15) is 53.0 Å². The van der Waals surface area contributed by atoms with E-state index < -0.39 is 29.7 Å². The van der Waals surface area contributed by atoms with Crippen molar-refractivity contribution in [1.29, 1.82) is 0 Å².